The molecule has 0 amide bonds. The molecule has 3 rings (SSSR count). The number of hydrogen-bond donors (Lipinski definition) is 0. The molecule has 0 aliphatic rings. The van der Waals surface area contributed by atoms with Crippen LogP contribution in [0.1, 0.15) is 11.4 Å². The van der Waals surface area contributed by atoms with Crippen LogP contribution in [0.4, 0.5) is 0 Å². The van der Waals surface area contributed by atoms with E-state index in [1.165, 1.54) is 0 Å². The van der Waals surface area contributed by atoms with E-state index in [-0.39, 0.29) is 5.43 Å². The Hall–Kier alpha value is -2.82. The predicted molar refractivity (Wildman–Crippen MR) is 89.4 cm³/mol. The second-order valence-electron chi connectivity index (χ2n) is 5.25. The van der Waals surface area contributed by atoms with Crippen molar-refractivity contribution in [1.29, 1.82) is 0 Å². The fourth-order valence-electron chi connectivity index (χ4n) is 2.78. The van der Waals surface area contributed by atoms with Crippen LogP contribution in [-0.4, -0.2) is 23.8 Å². The zero-order chi connectivity index (χ0) is 16.4. The fraction of sp³-hybridized carbons (Fsp3) is 0.222. The van der Waals surface area contributed by atoms with Crippen LogP contribution in [0, 0.1) is 6.92 Å². The van der Waals surface area contributed by atoms with Crippen molar-refractivity contribution in [3.8, 4) is 11.5 Å². The Labute approximate surface area is 134 Å². The molecule has 0 unspecified atom stereocenters. The van der Waals surface area contributed by atoms with E-state index < -0.39 is 0 Å². The molecule has 118 valence electrons. The van der Waals surface area contributed by atoms with Gasteiger partial charge in [0.2, 0.25) is 0 Å². The second-order valence-corrected chi connectivity index (χ2v) is 5.25. The standard InChI is InChI=1S/C18H18N2O3/c1-12-10-16(21)13-6-4-5-7-15(13)20(12)11-14-18(23-3)17(22-2)8-9-19-14/h4-10H,11H2,1-3H3. The lowest BCUT2D eigenvalue weighted by Gasteiger charge is -2.17. The van der Waals surface area contributed by atoms with E-state index in [0.29, 0.717) is 23.4 Å². The Morgan fingerprint density at radius 2 is 1.91 bits per heavy atom. The normalized spacial score (nSPS) is 10.7. The summed E-state index contributed by atoms with van der Waals surface area (Å²) >= 11 is 0. The van der Waals surface area contributed by atoms with Crippen LogP contribution in [0.25, 0.3) is 10.9 Å². The number of fused-ring (bicyclic) bond motifs is 1. The van der Waals surface area contributed by atoms with Gasteiger partial charge in [0, 0.05) is 29.4 Å². The van der Waals surface area contributed by atoms with Gasteiger partial charge in [0.15, 0.2) is 16.9 Å². The molecule has 0 atom stereocenters. The van der Waals surface area contributed by atoms with Crippen LogP contribution in [-0.2, 0) is 6.54 Å². The molecule has 0 aliphatic heterocycles. The summed E-state index contributed by atoms with van der Waals surface area (Å²) < 4.78 is 12.8. The van der Waals surface area contributed by atoms with Gasteiger partial charge in [0.25, 0.3) is 0 Å². The Morgan fingerprint density at radius 3 is 2.65 bits per heavy atom. The third-order valence-electron chi connectivity index (χ3n) is 3.90. The van der Waals surface area contributed by atoms with Gasteiger partial charge < -0.3 is 14.0 Å². The maximum atomic E-state index is 12.2. The first-order valence-corrected chi connectivity index (χ1v) is 7.30. The quantitative estimate of drug-likeness (QED) is 0.743. The monoisotopic (exact) mass is 310 g/mol. The lowest BCUT2D eigenvalue weighted by Crippen LogP contribution is -2.14. The minimum Gasteiger partial charge on any atom is -0.493 e. The summed E-state index contributed by atoms with van der Waals surface area (Å²) in [5.74, 6) is 1.25. The molecule has 0 fully saturated rings. The molecule has 0 radical (unpaired) electrons. The van der Waals surface area contributed by atoms with Gasteiger partial charge in [0.1, 0.15) is 5.69 Å². The van der Waals surface area contributed by atoms with Crippen molar-refractivity contribution in [3.05, 3.63) is 64.2 Å². The van der Waals surface area contributed by atoms with Gasteiger partial charge in [0.05, 0.1) is 26.3 Å². The number of methoxy groups -OCH3 is 2. The molecule has 3 aromatic rings. The summed E-state index contributed by atoms with van der Waals surface area (Å²) in [6.45, 7) is 2.41. The van der Waals surface area contributed by atoms with Gasteiger partial charge in [-0.15, -0.1) is 0 Å². The summed E-state index contributed by atoms with van der Waals surface area (Å²) in [5.41, 5.74) is 2.54. The van der Waals surface area contributed by atoms with Crippen molar-refractivity contribution < 1.29 is 9.47 Å². The Kier molecular flexibility index (Phi) is 4.02. The lowest BCUT2D eigenvalue weighted by molar-refractivity contribution is 0.348. The molecule has 2 aromatic heterocycles. The van der Waals surface area contributed by atoms with E-state index in [1.54, 1.807) is 32.5 Å². The Balaban J connectivity index is 2.18. The molecule has 0 saturated heterocycles. The maximum absolute atomic E-state index is 12.2. The molecule has 5 nitrogen and oxygen atoms in total. The van der Waals surface area contributed by atoms with Gasteiger partial charge in [-0.3, -0.25) is 9.78 Å². The van der Waals surface area contributed by atoms with Crippen molar-refractivity contribution >= 4 is 10.9 Å². The minimum atomic E-state index is 0.0277. The molecule has 0 bridgehead atoms. The zero-order valence-electron chi connectivity index (χ0n) is 13.4. The molecule has 2 heterocycles. The average Bonchev–Trinajstić information content (AvgIpc) is 2.58. The van der Waals surface area contributed by atoms with Crippen LogP contribution in [0.3, 0.4) is 0 Å². The molecular formula is C18H18N2O3. The average molecular weight is 310 g/mol. The lowest BCUT2D eigenvalue weighted by atomic mass is 10.1. The van der Waals surface area contributed by atoms with Crippen LogP contribution >= 0.6 is 0 Å². The van der Waals surface area contributed by atoms with E-state index >= 15 is 0 Å². The van der Waals surface area contributed by atoms with Crippen molar-refractivity contribution in [3.63, 3.8) is 0 Å². The van der Waals surface area contributed by atoms with Gasteiger partial charge in [-0.25, -0.2) is 0 Å². The first kappa shape index (κ1) is 15.1. The van der Waals surface area contributed by atoms with Crippen LogP contribution in [0.15, 0.2) is 47.4 Å². The van der Waals surface area contributed by atoms with E-state index in [9.17, 15) is 4.79 Å². The van der Waals surface area contributed by atoms with E-state index in [1.807, 2.05) is 31.2 Å². The molecule has 0 aliphatic carbocycles. The summed E-state index contributed by atoms with van der Waals surface area (Å²) in [4.78, 5) is 16.6. The zero-order valence-corrected chi connectivity index (χ0v) is 13.4. The summed E-state index contributed by atoms with van der Waals surface area (Å²) in [5, 5.41) is 0.694. The number of nitrogens with zero attached hydrogens (tertiary/aromatic N) is 2. The summed E-state index contributed by atoms with van der Waals surface area (Å²) in [7, 11) is 3.20. The summed E-state index contributed by atoms with van der Waals surface area (Å²) in [6.07, 6.45) is 1.69. The maximum Gasteiger partial charge on any atom is 0.189 e. The van der Waals surface area contributed by atoms with E-state index in [4.69, 9.17) is 9.47 Å². The molecule has 0 N–H and O–H groups in total. The van der Waals surface area contributed by atoms with Gasteiger partial charge in [-0.1, -0.05) is 12.1 Å². The van der Waals surface area contributed by atoms with Crippen molar-refractivity contribution in [2.75, 3.05) is 14.2 Å². The molecular weight excluding hydrogens is 292 g/mol. The highest BCUT2D eigenvalue weighted by Gasteiger charge is 2.14. The van der Waals surface area contributed by atoms with E-state index in [2.05, 4.69) is 9.55 Å². The minimum absolute atomic E-state index is 0.0277. The first-order chi connectivity index (χ1) is 11.2. The predicted octanol–water partition coefficient (Wildman–Crippen LogP) is 2.77. The number of hydrogen-bond acceptors (Lipinski definition) is 4. The van der Waals surface area contributed by atoms with Crippen molar-refractivity contribution in [2.24, 2.45) is 0 Å². The third-order valence-corrected chi connectivity index (χ3v) is 3.90. The Morgan fingerprint density at radius 1 is 1.13 bits per heavy atom. The smallest absolute Gasteiger partial charge is 0.189 e. The molecule has 0 saturated carbocycles. The SMILES string of the molecule is COc1ccnc(Cn2c(C)cc(=O)c3ccccc32)c1OC. The molecule has 5 heteroatoms. The number of pyridine rings is 2. The number of aromatic nitrogens is 2. The van der Waals surface area contributed by atoms with Crippen molar-refractivity contribution in [2.45, 2.75) is 13.5 Å². The fourth-order valence-corrected chi connectivity index (χ4v) is 2.78. The number of rotatable bonds is 4. The number of aryl methyl sites for hydroxylation is 1. The highest BCUT2D eigenvalue weighted by Crippen LogP contribution is 2.30. The highest BCUT2D eigenvalue weighted by molar-refractivity contribution is 5.79. The number of ether oxygens (including phenoxy) is 2. The van der Waals surface area contributed by atoms with Gasteiger partial charge >= 0.3 is 0 Å². The topological polar surface area (TPSA) is 53.4 Å². The Bertz CT molecular complexity index is 916. The van der Waals surface area contributed by atoms with E-state index in [0.717, 1.165) is 16.9 Å². The molecule has 1 aromatic carbocycles. The first-order valence-electron chi connectivity index (χ1n) is 7.30. The second kappa shape index (κ2) is 6.12. The third kappa shape index (κ3) is 2.65. The highest BCUT2D eigenvalue weighted by atomic mass is 16.5. The summed E-state index contributed by atoms with van der Waals surface area (Å²) in [6, 6.07) is 11.0. The number of benzene rings is 1. The molecule has 0 spiro atoms. The van der Waals surface area contributed by atoms with Crippen molar-refractivity contribution in [1.82, 2.24) is 9.55 Å². The van der Waals surface area contributed by atoms with Gasteiger partial charge in [-0.2, -0.15) is 0 Å². The van der Waals surface area contributed by atoms with Crippen LogP contribution in [0.5, 0.6) is 11.5 Å². The van der Waals surface area contributed by atoms with Gasteiger partial charge in [-0.05, 0) is 19.1 Å². The van der Waals surface area contributed by atoms with Crippen LogP contribution < -0.4 is 14.9 Å². The molecule has 23 heavy (non-hydrogen) atoms. The largest absolute Gasteiger partial charge is 0.493 e. The van der Waals surface area contributed by atoms with Crippen LogP contribution in [0.2, 0.25) is 0 Å². The number of para-hydroxylation sites is 1.